The molecule has 2 heteroatoms. The minimum atomic E-state index is 0.582. The van der Waals surface area contributed by atoms with E-state index < -0.39 is 0 Å². The Morgan fingerprint density at radius 3 is 2.48 bits per heavy atom. The lowest BCUT2D eigenvalue weighted by atomic mass is 10.0. The van der Waals surface area contributed by atoms with E-state index in [9.17, 15) is 0 Å². The fraction of sp³-hybridized carbons (Fsp3) is 0.120. The van der Waals surface area contributed by atoms with E-state index in [1.165, 1.54) is 33.2 Å². The topological polar surface area (TPSA) is 12.5 Å². The largest absolute Gasteiger partial charge is 0.473 e. The Morgan fingerprint density at radius 1 is 0.741 bits per heavy atom. The maximum Gasteiger partial charge on any atom is 0.161 e. The summed E-state index contributed by atoms with van der Waals surface area (Å²) < 4.78 is 6.07. The summed E-state index contributed by atoms with van der Waals surface area (Å²) in [4.78, 5) is 2.32. The first-order valence-corrected chi connectivity index (χ1v) is 9.38. The minimum Gasteiger partial charge on any atom is -0.473 e. The van der Waals surface area contributed by atoms with E-state index >= 15 is 0 Å². The quantitative estimate of drug-likeness (QED) is 0.463. The van der Waals surface area contributed by atoms with Gasteiger partial charge in [0.2, 0.25) is 0 Å². The highest BCUT2D eigenvalue weighted by molar-refractivity contribution is 5.94. The van der Waals surface area contributed by atoms with Gasteiger partial charge in [-0.2, -0.15) is 0 Å². The molecule has 1 aliphatic rings. The summed E-state index contributed by atoms with van der Waals surface area (Å²) in [5.41, 5.74) is 5.14. The van der Waals surface area contributed by atoms with Gasteiger partial charge in [-0.1, -0.05) is 72.8 Å². The zero-order valence-corrected chi connectivity index (χ0v) is 15.1. The number of hydrogen-bond donors (Lipinski definition) is 0. The van der Waals surface area contributed by atoms with Crippen LogP contribution < -0.4 is 9.64 Å². The second-order valence-electron chi connectivity index (χ2n) is 7.07. The van der Waals surface area contributed by atoms with Crippen LogP contribution in [0, 0.1) is 0 Å². The van der Waals surface area contributed by atoms with Gasteiger partial charge in [0, 0.05) is 23.2 Å². The molecule has 5 rings (SSSR count). The molecule has 0 aromatic heterocycles. The summed E-state index contributed by atoms with van der Waals surface area (Å²) in [6.45, 7) is 1.45. The van der Waals surface area contributed by atoms with Gasteiger partial charge in [0.15, 0.2) is 6.73 Å². The molecule has 0 amide bonds. The standard InChI is InChI=1S/C25H21NO/c1-2-7-19(8-3-1)15-20-13-14-25-22(16-20)17-26(18-27-25)24-12-6-10-21-9-4-5-11-23(21)24/h1-14,16H,15,17-18H2. The lowest BCUT2D eigenvalue weighted by molar-refractivity contribution is 0.289. The van der Waals surface area contributed by atoms with Crippen molar-refractivity contribution in [1.82, 2.24) is 0 Å². The van der Waals surface area contributed by atoms with E-state index in [1.807, 2.05) is 0 Å². The highest BCUT2D eigenvalue weighted by atomic mass is 16.5. The monoisotopic (exact) mass is 351 g/mol. The molecule has 0 bridgehead atoms. The number of hydrogen-bond acceptors (Lipinski definition) is 2. The highest BCUT2D eigenvalue weighted by Crippen LogP contribution is 2.33. The summed E-state index contributed by atoms with van der Waals surface area (Å²) in [5, 5.41) is 2.53. The first-order chi connectivity index (χ1) is 13.4. The maximum absolute atomic E-state index is 6.07. The van der Waals surface area contributed by atoms with E-state index in [0.717, 1.165) is 18.7 Å². The molecule has 4 aromatic carbocycles. The Kier molecular flexibility index (Phi) is 4.02. The van der Waals surface area contributed by atoms with Crippen molar-refractivity contribution < 1.29 is 4.74 Å². The van der Waals surface area contributed by atoms with Crippen LogP contribution in [0.5, 0.6) is 5.75 Å². The molecular formula is C25H21NO. The van der Waals surface area contributed by atoms with Gasteiger partial charge in [0.05, 0.1) is 0 Å². The third-order valence-corrected chi connectivity index (χ3v) is 5.22. The van der Waals surface area contributed by atoms with E-state index in [2.05, 4.69) is 95.9 Å². The molecule has 0 radical (unpaired) electrons. The molecule has 1 aliphatic heterocycles. The smallest absolute Gasteiger partial charge is 0.161 e. The van der Waals surface area contributed by atoms with Crippen LogP contribution in [0.4, 0.5) is 5.69 Å². The van der Waals surface area contributed by atoms with Crippen molar-refractivity contribution in [1.29, 1.82) is 0 Å². The third-order valence-electron chi connectivity index (χ3n) is 5.22. The van der Waals surface area contributed by atoms with Gasteiger partial charge in [-0.05, 0) is 41.1 Å². The van der Waals surface area contributed by atoms with Crippen LogP contribution in [0.25, 0.3) is 10.8 Å². The van der Waals surface area contributed by atoms with Gasteiger partial charge >= 0.3 is 0 Å². The summed E-state index contributed by atoms with van der Waals surface area (Å²) in [5.74, 6) is 1.00. The Bertz CT molecular complexity index is 1080. The Hall–Kier alpha value is -3.26. The average Bonchev–Trinajstić information content (AvgIpc) is 2.73. The summed E-state index contributed by atoms with van der Waals surface area (Å²) in [6, 6.07) is 32.2. The molecule has 0 saturated carbocycles. The van der Waals surface area contributed by atoms with Crippen molar-refractivity contribution >= 4 is 16.5 Å². The van der Waals surface area contributed by atoms with Crippen molar-refractivity contribution in [3.8, 4) is 5.75 Å². The van der Waals surface area contributed by atoms with Crippen molar-refractivity contribution in [3.05, 3.63) is 108 Å². The summed E-state index contributed by atoms with van der Waals surface area (Å²) in [6.07, 6.45) is 0.947. The summed E-state index contributed by atoms with van der Waals surface area (Å²) >= 11 is 0. The fourth-order valence-corrected chi connectivity index (χ4v) is 3.88. The predicted octanol–water partition coefficient (Wildman–Crippen LogP) is 5.79. The van der Waals surface area contributed by atoms with Gasteiger partial charge < -0.3 is 9.64 Å². The second kappa shape index (κ2) is 6.81. The van der Waals surface area contributed by atoms with Crippen LogP contribution in [-0.2, 0) is 13.0 Å². The molecule has 0 N–H and O–H groups in total. The fourth-order valence-electron chi connectivity index (χ4n) is 3.88. The van der Waals surface area contributed by atoms with Crippen LogP contribution >= 0.6 is 0 Å². The van der Waals surface area contributed by atoms with Crippen molar-refractivity contribution in [2.75, 3.05) is 11.6 Å². The molecule has 27 heavy (non-hydrogen) atoms. The highest BCUT2D eigenvalue weighted by Gasteiger charge is 2.19. The molecule has 0 fully saturated rings. The number of rotatable bonds is 3. The number of ether oxygens (including phenoxy) is 1. The van der Waals surface area contributed by atoms with Crippen molar-refractivity contribution in [2.45, 2.75) is 13.0 Å². The van der Waals surface area contributed by atoms with E-state index in [0.29, 0.717) is 6.73 Å². The average molecular weight is 351 g/mol. The molecule has 4 aromatic rings. The molecule has 0 spiro atoms. The third kappa shape index (κ3) is 3.15. The van der Waals surface area contributed by atoms with Gasteiger partial charge in [-0.25, -0.2) is 0 Å². The molecule has 2 nitrogen and oxygen atoms in total. The zero-order valence-electron chi connectivity index (χ0n) is 15.1. The number of anilines is 1. The number of fused-ring (bicyclic) bond motifs is 2. The minimum absolute atomic E-state index is 0.582. The molecule has 0 atom stereocenters. The van der Waals surface area contributed by atoms with Crippen molar-refractivity contribution in [3.63, 3.8) is 0 Å². The number of benzene rings is 4. The van der Waals surface area contributed by atoms with E-state index in [1.54, 1.807) is 0 Å². The molecule has 0 saturated heterocycles. The Labute approximate surface area is 159 Å². The van der Waals surface area contributed by atoms with E-state index in [-0.39, 0.29) is 0 Å². The summed E-state index contributed by atoms with van der Waals surface area (Å²) in [7, 11) is 0. The SMILES string of the molecule is c1ccc(Cc2ccc3c(c2)CN(c2cccc4ccccc24)CO3)cc1. The normalized spacial score (nSPS) is 13.3. The van der Waals surface area contributed by atoms with Gasteiger partial charge in [0.1, 0.15) is 5.75 Å². The van der Waals surface area contributed by atoms with E-state index in [4.69, 9.17) is 4.74 Å². The molecule has 132 valence electrons. The van der Waals surface area contributed by atoms with Gasteiger partial charge in [0.25, 0.3) is 0 Å². The molecule has 0 unspecified atom stereocenters. The van der Waals surface area contributed by atoms with Crippen molar-refractivity contribution in [2.24, 2.45) is 0 Å². The van der Waals surface area contributed by atoms with Gasteiger partial charge in [-0.3, -0.25) is 0 Å². The molecular weight excluding hydrogens is 330 g/mol. The first-order valence-electron chi connectivity index (χ1n) is 9.38. The lowest BCUT2D eigenvalue weighted by Gasteiger charge is -2.32. The Morgan fingerprint density at radius 2 is 1.56 bits per heavy atom. The van der Waals surface area contributed by atoms with Crippen LogP contribution in [0.15, 0.2) is 91.0 Å². The van der Waals surface area contributed by atoms with Crippen LogP contribution in [0.1, 0.15) is 16.7 Å². The van der Waals surface area contributed by atoms with Crippen LogP contribution in [-0.4, -0.2) is 6.73 Å². The van der Waals surface area contributed by atoms with Crippen LogP contribution in [0.3, 0.4) is 0 Å². The molecule has 0 aliphatic carbocycles. The van der Waals surface area contributed by atoms with Gasteiger partial charge in [-0.15, -0.1) is 0 Å². The Balaban J connectivity index is 1.45. The predicted molar refractivity (Wildman–Crippen MR) is 111 cm³/mol. The zero-order chi connectivity index (χ0) is 18.1. The second-order valence-corrected chi connectivity index (χ2v) is 7.07. The lowest BCUT2D eigenvalue weighted by Crippen LogP contribution is -2.32. The maximum atomic E-state index is 6.07. The first kappa shape index (κ1) is 16.0. The molecule has 1 heterocycles. The number of nitrogens with zero attached hydrogens (tertiary/aromatic N) is 1. The van der Waals surface area contributed by atoms with Crippen LogP contribution in [0.2, 0.25) is 0 Å².